The summed E-state index contributed by atoms with van der Waals surface area (Å²) in [6.45, 7) is 2.52. The van der Waals surface area contributed by atoms with Crippen LogP contribution in [-0.4, -0.2) is 39.3 Å². The van der Waals surface area contributed by atoms with Crippen LogP contribution in [0, 0.1) is 11.7 Å². The van der Waals surface area contributed by atoms with Crippen LogP contribution in [0.15, 0.2) is 65.7 Å². The van der Waals surface area contributed by atoms with E-state index >= 15 is 0 Å². The molecule has 1 N–H and O–H groups in total. The van der Waals surface area contributed by atoms with Crippen molar-refractivity contribution >= 4 is 17.0 Å². The quantitative estimate of drug-likeness (QED) is 0.449. The molecule has 34 heavy (non-hydrogen) atoms. The van der Waals surface area contributed by atoms with E-state index in [9.17, 15) is 9.18 Å². The van der Waals surface area contributed by atoms with Crippen LogP contribution < -0.4 is 10.9 Å². The number of ether oxygens (including phenoxy) is 1. The van der Waals surface area contributed by atoms with E-state index in [1.165, 1.54) is 12.1 Å². The summed E-state index contributed by atoms with van der Waals surface area (Å²) in [6, 6.07) is 13.8. The van der Waals surface area contributed by atoms with Crippen LogP contribution in [0.4, 0.5) is 10.2 Å². The van der Waals surface area contributed by atoms with Crippen LogP contribution in [0.25, 0.3) is 22.4 Å². The molecule has 8 heteroatoms. The average molecular weight is 460 g/mol. The summed E-state index contributed by atoms with van der Waals surface area (Å²) in [5, 5.41) is 3.22. The van der Waals surface area contributed by atoms with Gasteiger partial charge >= 0.3 is 0 Å². The lowest BCUT2D eigenvalue weighted by molar-refractivity contribution is 0.0613. The van der Waals surface area contributed by atoms with Crippen LogP contribution in [-0.2, 0) is 17.7 Å². The Hall–Kier alpha value is -3.65. The SMILES string of the molecule is O=c1c(NCCc2cccnc2)nc2ccc(-c3ccc(F)cc3)nc2n1CC1CCOCC1. The van der Waals surface area contributed by atoms with Crippen LogP contribution in [0.2, 0.25) is 0 Å². The summed E-state index contributed by atoms with van der Waals surface area (Å²) in [6.07, 6.45) is 6.09. The Kier molecular flexibility index (Phi) is 6.58. The maximum absolute atomic E-state index is 13.5. The molecule has 0 atom stereocenters. The molecule has 3 aromatic heterocycles. The van der Waals surface area contributed by atoms with Gasteiger partial charge in [-0.15, -0.1) is 0 Å². The molecule has 0 saturated carbocycles. The Bertz CT molecular complexity index is 1320. The second kappa shape index (κ2) is 10.1. The van der Waals surface area contributed by atoms with E-state index < -0.39 is 0 Å². The van der Waals surface area contributed by atoms with Crippen molar-refractivity contribution in [1.82, 2.24) is 19.5 Å². The normalized spacial score (nSPS) is 14.4. The van der Waals surface area contributed by atoms with Crippen molar-refractivity contribution in [3.63, 3.8) is 0 Å². The third-order valence-corrected chi connectivity index (χ3v) is 6.14. The topological polar surface area (TPSA) is 81.9 Å². The number of aromatic nitrogens is 4. The van der Waals surface area contributed by atoms with Gasteiger partial charge in [-0.05, 0) is 73.2 Å². The van der Waals surface area contributed by atoms with Gasteiger partial charge in [0.25, 0.3) is 5.56 Å². The Morgan fingerprint density at radius 1 is 1.06 bits per heavy atom. The number of rotatable bonds is 7. The molecule has 5 rings (SSSR count). The highest BCUT2D eigenvalue weighted by atomic mass is 19.1. The second-order valence-corrected chi connectivity index (χ2v) is 8.52. The van der Waals surface area contributed by atoms with E-state index in [-0.39, 0.29) is 11.4 Å². The number of fused-ring (bicyclic) bond motifs is 1. The zero-order valence-electron chi connectivity index (χ0n) is 18.8. The minimum absolute atomic E-state index is 0.186. The van der Waals surface area contributed by atoms with Gasteiger partial charge in [0.15, 0.2) is 11.5 Å². The van der Waals surface area contributed by atoms with Gasteiger partial charge in [-0.3, -0.25) is 14.3 Å². The zero-order chi connectivity index (χ0) is 23.3. The third kappa shape index (κ3) is 4.97. The predicted molar refractivity (Wildman–Crippen MR) is 129 cm³/mol. The largest absolute Gasteiger partial charge is 0.381 e. The zero-order valence-corrected chi connectivity index (χ0v) is 18.8. The van der Waals surface area contributed by atoms with Gasteiger partial charge in [0, 0.05) is 44.3 Å². The van der Waals surface area contributed by atoms with Crippen molar-refractivity contribution in [1.29, 1.82) is 0 Å². The van der Waals surface area contributed by atoms with E-state index in [1.807, 2.05) is 30.5 Å². The highest BCUT2D eigenvalue weighted by Crippen LogP contribution is 2.23. The smallest absolute Gasteiger partial charge is 0.294 e. The van der Waals surface area contributed by atoms with Crippen molar-refractivity contribution in [2.24, 2.45) is 5.92 Å². The highest BCUT2D eigenvalue weighted by molar-refractivity contribution is 5.76. The van der Waals surface area contributed by atoms with Gasteiger partial charge in [0.2, 0.25) is 0 Å². The minimum atomic E-state index is -0.301. The van der Waals surface area contributed by atoms with Crippen molar-refractivity contribution < 1.29 is 9.13 Å². The molecule has 1 fully saturated rings. The summed E-state index contributed by atoms with van der Waals surface area (Å²) in [5.74, 6) is 0.348. The number of hydrogen-bond acceptors (Lipinski definition) is 6. The van der Waals surface area contributed by atoms with Crippen LogP contribution in [0.3, 0.4) is 0 Å². The summed E-state index contributed by atoms with van der Waals surface area (Å²) in [7, 11) is 0. The average Bonchev–Trinajstić information content (AvgIpc) is 2.88. The predicted octanol–water partition coefficient (Wildman–Crippen LogP) is 4.07. The molecule has 0 aliphatic carbocycles. The first-order chi connectivity index (χ1) is 16.7. The summed E-state index contributed by atoms with van der Waals surface area (Å²) in [4.78, 5) is 27.0. The number of anilines is 1. The number of nitrogens with zero attached hydrogens (tertiary/aromatic N) is 4. The minimum Gasteiger partial charge on any atom is -0.381 e. The van der Waals surface area contributed by atoms with Crippen LogP contribution >= 0.6 is 0 Å². The van der Waals surface area contributed by atoms with Gasteiger partial charge in [-0.1, -0.05) is 6.07 Å². The van der Waals surface area contributed by atoms with Crippen LogP contribution in [0.5, 0.6) is 0 Å². The number of nitrogens with one attached hydrogen (secondary N) is 1. The number of benzene rings is 1. The molecule has 1 saturated heterocycles. The first-order valence-electron chi connectivity index (χ1n) is 11.6. The van der Waals surface area contributed by atoms with E-state index in [1.54, 1.807) is 22.9 Å². The molecule has 4 aromatic rings. The van der Waals surface area contributed by atoms with Gasteiger partial charge in [-0.25, -0.2) is 14.4 Å². The molecule has 0 bridgehead atoms. The molecule has 174 valence electrons. The number of hydrogen-bond donors (Lipinski definition) is 1. The lowest BCUT2D eigenvalue weighted by Crippen LogP contribution is -2.31. The second-order valence-electron chi connectivity index (χ2n) is 8.52. The molecule has 1 aliphatic rings. The fourth-order valence-corrected chi connectivity index (χ4v) is 4.24. The molecular formula is C26H26FN5O2. The Morgan fingerprint density at radius 3 is 2.65 bits per heavy atom. The van der Waals surface area contributed by atoms with Crippen molar-refractivity contribution in [3.05, 3.63) is 82.7 Å². The molecule has 4 heterocycles. The molecule has 0 radical (unpaired) electrons. The van der Waals surface area contributed by atoms with Crippen molar-refractivity contribution in [2.75, 3.05) is 25.1 Å². The Balaban J connectivity index is 1.50. The van der Waals surface area contributed by atoms with Gasteiger partial charge < -0.3 is 10.1 Å². The first-order valence-corrected chi connectivity index (χ1v) is 11.6. The van der Waals surface area contributed by atoms with Gasteiger partial charge in [0.1, 0.15) is 11.3 Å². The Labute approximate surface area is 196 Å². The summed E-state index contributed by atoms with van der Waals surface area (Å²) in [5.41, 5.74) is 3.54. The molecule has 0 spiro atoms. The van der Waals surface area contributed by atoms with Crippen LogP contribution in [0.1, 0.15) is 18.4 Å². The lowest BCUT2D eigenvalue weighted by atomic mass is 10.0. The van der Waals surface area contributed by atoms with E-state index in [4.69, 9.17) is 9.72 Å². The van der Waals surface area contributed by atoms with Crippen molar-refractivity contribution in [2.45, 2.75) is 25.8 Å². The third-order valence-electron chi connectivity index (χ3n) is 6.14. The van der Waals surface area contributed by atoms with E-state index in [0.29, 0.717) is 54.9 Å². The highest BCUT2D eigenvalue weighted by Gasteiger charge is 2.19. The van der Waals surface area contributed by atoms with Gasteiger partial charge in [-0.2, -0.15) is 0 Å². The molecule has 7 nitrogen and oxygen atoms in total. The standard InChI is InChI=1S/C26H26FN5O2/c27-21-5-3-20(4-6-21)22-7-8-23-25(31-22)32(17-19-10-14-34-15-11-19)26(33)24(30-23)29-13-9-18-2-1-12-28-16-18/h1-8,12,16,19H,9-11,13-15,17H2,(H,29,30). The molecule has 1 aliphatic heterocycles. The summed E-state index contributed by atoms with van der Waals surface area (Å²) < 4.78 is 20.6. The Morgan fingerprint density at radius 2 is 1.88 bits per heavy atom. The summed E-state index contributed by atoms with van der Waals surface area (Å²) >= 11 is 0. The molecule has 0 unspecified atom stereocenters. The fraction of sp³-hybridized carbons (Fsp3) is 0.308. The maximum atomic E-state index is 13.5. The lowest BCUT2D eigenvalue weighted by Gasteiger charge is -2.23. The van der Waals surface area contributed by atoms with E-state index in [2.05, 4.69) is 15.3 Å². The van der Waals surface area contributed by atoms with Gasteiger partial charge in [0.05, 0.1) is 5.69 Å². The van der Waals surface area contributed by atoms with Crippen molar-refractivity contribution in [3.8, 4) is 11.3 Å². The molecule has 0 amide bonds. The fourth-order valence-electron chi connectivity index (χ4n) is 4.24. The molecule has 1 aromatic carbocycles. The number of halogens is 1. The van der Waals surface area contributed by atoms with E-state index in [0.717, 1.165) is 30.4 Å². The molecular weight excluding hydrogens is 433 g/mol. The number of pyridine rings is 2. The maximum Gasteiger partial charge on any atom is 0.294 e. The monoisotopic (exact) mass is 459 g/mol. The first kappa shape index (κ1) is 22.2.